The van der Waals surface area contributed by atoms with Gasteiger partial charge in [-0.1, -0.05) is 42.5 Å². The summed E-state index contributed by atoms with van der Waals surface area (Å²) in [6.45, 7) is 6.57. The first-order valence-electron chi connectivity index (χ1n) is 8.87. The average molecular weight is 335 g/mol. The van der Waals surface area contributed by atoms with Crippen LogP contribution in [0.1, 0.15) is 23.2 Å². The number of ketones is 1. The molecule has 2 unspecified atom stereocenters. The van der Waals surface area contributed by atoms with Crippen LogP contribution in [0.3, 0.4) is 0 Å². The van der Waals surface area contributed by atoms with Crippen molar-refractivity contribution in [3.63, 3.8) is 0 Å². The molecule has 2 fully saturated rings. The van der Waals surface area contributed by atoms with Crippen LogP contribution in [0.15, 0.2) is 60.7 Å². The van der Waals surface area contributed by atoms with Gasteiger partial charge in [0.1, 0.15) is 5.82 Å². The molecule has 2 nitrogen and oxygen atoms in total. The molecule has 2 aromatic carbocycles. The summed E-state index contributed by atoms with van der Waals surface area (Å²) in [4.78, 5) is 15.0. The van der Waals surface area contributed by atoms with Crippen LogP contribution in [0.4, 0.5) is 4.39 Å². The molecule has 4 rings (SSSR count). The number of benzene rings is 2. The summed E-state index contributed by atoms with van der Waals surface area (Å²) in [6.07, 6.45) is 2.23. The quantitative estimate of drug-likeness (QED) is 0.602. The van der Waals surface area contributed by atoms with E-state index in [2.05, 4.69) is 11.5 Å². The van der Waals surface area contributed by atoms with E-state index >= 15 is 0 Å². The molecule has 1 saturated heterocycles. The van der Waals surface area contributed by atoms with Gasteiger partial charge in [-0.2, -0.15) is 0 Å². The molecule has 2 atom stereocenters. The minimum atomic E-state index is -0.264. The fourth-order valence-corrected chi connectivity index (χ4v) is 4.29. The number of rotatable bonds is 4. The number of nitrogens with zero attached hydrogens (tertiary/aromatic N) is 1. The van der Waals surface area contributed by atoms with Crippen molar-refractivity contribution < 1.29 is 9.18 Å². The van der Waals surface area contributed by atoms with Crippen molar-refractivity contribution >= 4 is 5.78 Å². The summed E-state index contributed by atoms with van der Waals surface area (Å²) in [7, 11) is 0. The van der Waals surface area contributed by atoms with E-state index in [0.717, 1.165) is 37.1 Å². The predicted molar refractivity (Wildman–Crippen MR) is 98.0 cm³/mol. The van der Waals surface area contributed by atoms with Gasteiger partial charge in [-0.25, -0.2) is 4.39 Å². The number of likely N-dealkylation sites (tertiary alicyclic amines) is 1. The highest BCUT2D eigenvalue weighted by Crippen LogP contribution is 2.40. The molecular formula is C22H22FNO. The molecule has 0 spiro atoms. The molecule has 1 saturated carbocycles. The first-order valence-corrected chi connectivity index (χ1v) is 8.87. The van der Waals surface area contributed by atoms with Crippen LogP contribution >= 0.6 is 0 Å². The summed E-state index contributed by atoms with van der Waals surface area (Å²) in [5.41, 5.74) is 3.73. The lowest BCUT2D eigenvalue weighted by atomic mass is 10.0. The highest BCUT2D eigenvalue weighted by atomic mass is 19.1. The minimum Gasteiger partial charge on any atom is -0.295 e. The molecule has 0 aromatic heterocycles. The molecule has 2 aliphatic rings. The molecule has 3 heteroatoms. The van der Waals surface area contributed by atoms with Gasteiger partial charge in [0, 0.05) is 18.7 Å². The largest absolute Gasteiger partial charge is 0.295 e. The van der Waals surface area contributed by atoms with Gasteiger partial charge in [0.15, 0.2) is 5.78 Å². The molecule has 0 radical (unpaired) electrons. The molecule has 1 aliphatic heterocycles. The second-order valence-corrected chi connectivity index (χ2v) is 7.39. The number of fused-ring (bicyclic) bond motifs is 1. The van der Waals surface area contributed by atoms with Gasteiger partial charge in [-0.05, 0) is 54.0 Å². The highest BCUT2D eigenvalue weighted by Gasteiger charge is 2.38. The van der Waals surface area contributed by atoms with Gasteiger partial charge in [0.25, 0.3) is 0 Å². The minimum absolute atomic E-state index is 0.136. The SMILES string of the molecule is C=C1CC2CN(CC(=O)c3cccc(-c4cccc(F)c4)c3)CC2C1. The third kappa shape index (κ3) is 3.42. The normalized spacial score (nSPS) is 23.0. The Hall–Kier alpha value is -2.26. The molecule has 1 aliphatic carbocycles. The van der Waals surface area contributed by atoms with Crippen molar-refractivity contribution in [1.29, 1.82) is 0 Å². The Bertz CT molecular complexity index is 812. The molecule has 25 heavy (non-hydrogen) atoms. The number of Topliss-reactive ketones (excluding diaryl/α,β-unsaturated/α-hetero) is 1. The van der Waals surface area contributed by atoms with E-state index in [4.69, 9.17) is 0 Å². The van der Waals surface area contributed by atoms with Crippen LogP contribution in [-0.4, -0.2) is 30.3 Å². The molecule has 0 amide bonds. The van der Waals surface area contributed by atoms with Gasteiger partial charge in [-0.3, -0.25) is 9.69 Å². The second-order valence-electron chi connectivity index (χ2n) is 7.39. The van der Waals surface area contributed by atoms with Gasteiger partial charge in [0.05, 0.1) is 6.54 Å². The number of carbonyl (C=O) groups excluding carboxylic acids is 1. The Balaban J connectivity index is 1.46. The molecule has 1 heterocycles. The standard InChI is InChI=1S/C22H22FNO/c1-15-8-19-12-24(13-20(19)9-15)14-22(25)18-6-2-4-16(10-18)17-5-3-7-21(23)11-17/h2-7,10-11,19-20H,1,8-9,12-14H2. The smallest absolute Gasteiger partial charge is 0.176 e. The van der Waals surface area contributed by atoms with Crippen LogP contribution in [-0.2, 0) is 0 Å². The molecule has 0 bridgehead atoms. The summed E-state index contributed by atoms with van der Waals surface area (Å²) < 4.78 is 13.4. The van der Waals surface area contributed by atoms with E-state index in [1.54, 1.807) is 6.07 Å². The molecule has 128 valence electrons. The topological polar surface area (TPSA) is 20.3 Å². The summed E-state index contributed by atoms with van der Waals surface area (Å²) in [6, 6.07) is 14.0. The Kier molecular flexibility index (Phi) is 4.26. The second kappa shape index (κ2) is 6.57. The van der Waals surface area contributed by atoms with E-state index in [1.807, 2.05) is 30.3 Å². The van der Waals surface area contributed by atoms with E-state index in [0.29, 0.717) is 23.9 Å². The summed E-state index contributed by atoms with van der Waals surface area (Å²) >= 11 is 0. The Morgan fingerprint density at radius 2 is 1.68 bits per heavy atom. The van der Waals surface area contributed by atoms with Crippen molar-refractivity contribution in [3.05, 3.63) is 72.1 Å². The fourth-order valence-electron chi connectivity index (χ4n) is 4.29. The van der Waals surface area contributed by atoms with Crippen molar-refractivity contribution in [1.82, 2.24) is 4.90 Å². The Labute approximate surface area is 148 Å². The fraction of sp³-hybridized carbons (Fsp3) is 0.318. The van der Waals surface area contributed by atoms with Crippen LogP contribution in [0, 0.1) is 17.7 Å². The average Bonchev–Trinajstić information content (AvgIpc) is 3.11. The number of allylic oxidation sites excluding steroid dienone is 1. The maximum absolute atomic E-state index is 13.4. The predicted octanol–water partition coefficient (Wildman–Crippen LogP) is 4.57. The Morgan fingerprint density at radius 1 is 1.04 bits per heavy atom. The maximum atomic E-state index is 13.4. The zero-order chi connectivity index (χ0) is 17.4. The van der Waals surface area contributed by atoms with Crippen LogP contribution in [0.5, 0.6) is 0 Å². The summed E-state index contributed by atoms with van der Waals surface area (Å²) in [5.74, 6) is 1.23. The monoisotopic (exact) mass is 335 g/mol. The molecule has 2 aromatic rings. The van der Waals surface area contributed by atoms with E-state index < -0.39 is 0 Å². The Morgan fingerprint density at radius 3 is 2.36 bits per heavy atom. The van der Waals surface area contributed by atoms with Crippen molar-refractivity contribution in [2.24, 2.45) is 11.8 Å². The van der Waals surface area contributed by atoms with E-state index in [9.17, 15) is 9.18 Å². The first-order chi connectivity index (χ1) is 12.1. The molecule has 0 N–H and O–H groups in total. The molecular weight excluding hydrogens is 313 g/mol. The first kappa shape index (κ1) is 16.2. The lowest BCUT2D eigenvalue weighted by molar-refractivity contribution is 0.0941. The summed E-state index contributed by atoms with van der Waals surface area (Å²) in [5, 5.41) is 0. The van der Waals surface area contributed by atoms with Crippen molar-refractivity contribution in [2.75, 3.05) is 19.6 Å². The van der Waals surface area contributed by atoms with E-state index in [-0.39, 0.29) is 11.6 Å². The van der Waals surface area contributed by atoms with Crippen LogP contribution in [0.25, 0.3) is 11.1 Å². The van der Waals surface area contributed by atoms with Crippen LogP contribution < -0.4 is 0 Å². The number of halogens is 1. The van der Waals surface area contributed by atoms with Crippen molar-refractivity contribution in [3.8, 4) is 11.1 Å². The third-order valence-electron chi connectivity index (χ3n) is 5.46. The maximum Gasteiger partial charge on any atom is 0.176 e. The number of hydrogen-bond acceptors (Lipinski definition) is 2. The van der Waals surface area contributed by atoms with Gasteiger partial charge in [-0.15, -0.1) is 0 Å². The van der Waals surface area contributed by atoms with Gasteiger partial charge in [0.2, 0.25) is 0 Å². The number of hydrogen-bond donors (Lipinski definition) is 0. The van der Waals surface area contributed by atoms with Gasteiger partial charge < -0.3 is 0 Å². The lowest BCUT2D eigenvalue weighted by Gasteiger charge is -2.16. The number of carbonyl (C=O) groups is 1. The highest BCUT2D eigenvalue weighted by molar-refractivity contribution is 5.98. The van der Waals surface area contributed by atoms with Crippen LogP contribution in [0.2, 0.25) is 0 Å². The van der Waals surface area contributed by atoms with Crippen molar-refractivity contribution in [2.45, 2.75) is 12.8 Å². The van der Waals surface area contributed by atoms with Gasteiger partial charge >= 0.3 is 0 Å². The lowest BCUT2D eigenvalue weighted by Crippen LogP contribution is -2.28. The van der Waals surface area contributed by atoms with E-state index in [1.165, 1.54) is 17.7 Å². The zero-order valence-corrected chi connectivity index (χ0v) is 14.2. The zero-order valence-electron chi connectivity index (χ0n) is 14.2. The third-order valence-corrected chi connectivity index (χ3v) is 5.46.